The molecular formula is C19H30N2O3. The molecule has 1 aromatic rings. The zero-order valence-corrected chi connectivity index (χ0v) is 14.9. The first-order valence-corrected chi connectivity index (χ1v) is 8.81. The van der Waals surface area contributed by atoms with Gasteiger partial charge in [0.25, 0.3) is 0 Å². The lowest BCUT2D eigenvalue weighted by molar-refractivity contribution is -0.118. The Bertz CT molecular complexity index is 539. The second-order valence-corrected chi connectivity index (χ2v) is 6.81. The molecule has 0 saturated heterocycles. The normalized spacial score (nSPS) is 16.6. The SMILES string of the molecule is COCCOc1ccc(NC(=O)CC2(CN)CCCCC2)c(C)c1. The lowest BCUT2D eigenvalue weighted by atomic mass is 9.71. The van der Waals surface area contributed by atoms with E-state index in [1.807, 2.05) is 25.1 Å². The Hall–Kier alpha value is -1.59. The number of nitrogens with one attached hydrogen (secondary N) is 1. The molecule has 1 amide bonds. The Morgan fingerprint density at radius 1 is 1.25 bits per heavy atom. The minimum absolute atomic E-state index is 0.0144. The molecule has 134 valence electrons. The number of methoxy groups -OCH3 is 1. The minimum Gasteiger partial charge on any atom is -0.491 e. The maximum absolute atomic E-state index is 12.5. The van der Waals surface area contributed by atoms with E-state index in [4.69, 9.17) is 15.2 Å². The summed E-state index contributed by atoms with van der Waals surface area (Å²) in [5.41, 5.74) is 7.79. The molecule has 1 aliphatic carbocycles. The van der Waals surface area contributed by atoms with Crippen molar-refractivity contribution in [2.75, 3.05) is 32.2 Å². The Kier molecular flexibility index (Phi) is 7.06. The van der Waals surface area contributed by atoms with Crippen LogP contribution in [0.5, 0.6) is 5.75 Å². The van der Waals surface area contributed by atoms with Crippen molar-refractivity contribution in [3.63, 3.8) is 0 Å². The lowest BCUT2D eigenvalue weighted by Gasteiger charge is -2.35. The van der Waals surface area contributed by atoms with Crippen molar-refractivity contribution in [3.05, 3.63) is 23.8 Å². The van der Waals surface area contributed by atoms with Gasteiger partial charge in [-0.2, -0.15) is 0 Å². The van der Waals surface area contributed by atoms with E-state index < -0.39 is 0 Å². The molecule has 1 aromatic carbocycles. The third kappa shape index (κ3) is 5.21. The lowest BCUT2D eigenvalue weighted by Crippen LogP contribution is -2.36. The quantitative estimate of drug-likeness (QED) is 0.716. The zero-order chi connectivity index (χ0) is 17.4. The highest BCUT2D eigenvalue weighted by atomic mass is 16.5. The molecule has 1 aliphatic rings. The van der Waals surface area contributed by atoms with Gasteiger partial charge in [-0.1, -0.05) is 19.3 Å². The number of amides is 1. The molecule has 24 heavy (non-hydrogen) atoms. The number of nitrogens with two attached hydrogens (primary N) is 1. The Balaban J connectivity index is 1.93. The molecule has 3 N–H and O–H groups in total. The van der Waals surface area contributed by atoms with Gasteiger partial charge >= 0.3 is 0 Å². The standard InChI is InChI=1S/C19H30N2O3/c1-15-12-16(24-11-10-23-2)6-7-17(15)21-18(22)13-19(14-20)8-4-3-5-9-19/h6-7,12H,3-5,8-11,13-14,20H2,1-2H3,(H,21,22). The summed E-state index contributed by atoms with van der Waals surface area (Å²) in [6.07, 6.45) is 6.24. The predicted molar refractivity (Wildman–Crippen MR) is 96.4 cm³/mol. The summed E-state index contributed by atoms with van der Waals surface area (Å²) in [6.45, 7) is 3.63. The molecule has 1 fully saturated rings. The average Bonchev–Trinajstić information content (AvgIpc) is 2.58. The number of benzene rings is 1. The second-order valence-electron chi connectivity index (χ2n) is 6.81. The highest BCUT2D eigenvalue weighted by molar-refractivity contribution is 5.92. The van der Waals surface area contributed by atoms with Gasteiger partial charge in [-0.3, -0.25) is 4.79 Å². The first kappa shape index (κ1) is 18.7. The van der Waals surface area contributed by atoms with Crippen LogP contribution in [0.1, 0.15) is 44.1 Å². The van der Waals surface area contributed by atoms with Crippen LogP contribution >= 0.6 is 0 Å². The predicted octanol–water partition coefficient (Wildman–Crippen LogP) is 3.26. The average molecular weight is 334 g/mol. The molecular weight excluding hydrogens is 304 g/mol. The van der Waals surface area contributed by atoms with E-state index in [9.17, 15) is 4.79 Å². The molecule has 5 heteroatoms. The van der Waals surface area contributed by atoms with Gasteiger partial charge in [-0.25, -0.2) is 0 Å². The molecule has 0 spiro atoms. The van der Waals surface area contributed by atoms with Crippen molar-refractivity contribution in [2.24, 2.45) is 11.1 Å². The summed E-state index contributed by atoms with van der Waals surface area (Å²) in [4.78, 5) is 12.5. The van der Waals surface area contributed by atoms with Gasteiger partial charge in [0.05, 0.1) is 6.61 Å². The summed E-state index contributed by atoms with van der Waals surface area (Å²) in [7, 11) is 1.65. The van der Waals surface area contributed by atoms with Gasteiger partial charge in [0, 0.05) is 19.2 Å². The van der Waals surface area contributed by atoms with Crippen molar-refractivity contribution in [1.82, 2.24) is 0 Å². The maximum atomic E-state index is 12.5. The van der Waals surface area contributed by atoms with Gasteiger partial charge in [-0.05, 0) is 55.5 Å². The number of rotatable bonds is 8. The van der Waals surface area contributed by atoms with E-state index in [1.165, 1.54) is 19.3 Å². The summed E-state index contributed by atoms with van der Waals surface area (Å²) in [5.74, 6) is 0.840. The first-order chi connectivity index (χ1) is 11.6. The van der Waals surface area contributed by atoms with Crippen LogP contribution in [0.4, 0.5) is 5.69 Å². The third-order valence-electron chi connectivity index (χ3n) is 4.91. The fourth-order valence-corrected chi connectivity index (χ4v) is 3.40. The summed E-state index contributed by atoms with van der Waals surface area (Å²) < 4.78 is 10.6. The molecule has 5 nitrogen and oxygen atoms in total. The number of hydrogen-bond acceptors (Lipinski definition) is 4. The van der Waals surface area contributed by atoms with Gasteiger partial charge in [0.1, 0.15) is 12.4 Å². The van der Waals surface area contributed by atoms with Crippen LogP contribution in [0.3, 0.4) is 0 Å². The Labute approximate surface area is 144 Å². The monoisotopic (exact) mass is 334 g/mol. The van der Waals surface area contributed by atoms with Crippen molar-refractivity contribution in [1.29, 1.82) is 0 Å². The smallest absolute Gasteiger partial charge is 0.224 e. The topological polar surface area (TPSA) is 73.6 Å². The van der Waals surface area contributed by atoms with Gasteiger partial charge < -0.3 is 20.5 Å². The van der Waals surface area contributed by atoms with Crippen LogP contribution in [0.15, 0.2) is 18.2 Å². The molecule has 0 heterocycles. The Morgan fingerprint density at radius 3 is 2.62 bits per heavy atom. The molecule has 1 saturated carbocycles. The van der Waals surface area contributed by atoms with E-state index in [2.05, 4.69) is 5.32 Å². The fourth-order valence-electron chi connectivity index (χ4n) is 3.40. The number of hydrogen-bond donors (Lipinski definition) is 2. The van der Waals surface area contributed by atoms with E-state index in [0.29, 0.717) is 26.2 Å². The van der Waals surface area contributed by atoms with Gasteiger partial charge in [-0.15, -0.1) is 0 Å². The Morgan fingerprint density at radius 2 is 2.00 bits per heavy atom. The summed E-state index contributed by atoms with van der Waals surface area (Å²) in [6, 6.07) is 5.70. The van der Waals surface area contributed by atoms with E-state index in [1.54, 1.807) is 7.11 Å². The third-order valence-corrected chi connectivity index (χ3v) is 4.91. The number of ether oxygens (including phenoxy) is 2. The van der Waals surface area contributed by atoms with E-state index in [-0.39, 0.29) is 11.3 Å². The van der Waals surface area contributed by atoms with Crippen LogP contribution in [0, 0.1) is 12.3 Å². The maximum Gasteiger partial charge on any atom is 0.224 e. The first-order valence-electron chi connectivity index (χ1n) is 8.81. The number of aryl methyl sites for hydroxylation is 1. The zero-order valence-electron chi connectivity index (χ0n) is 14.9. The van der Waals surface area contributed by atoms with Crippen LogP contribution in [0.2, 0.25) is 0 Å². The van der Waals surface area contributed by atoms with E-state index in [0.717, 1.165) is 29.8 Å². The number of anilines is 1. The van der Waals surface area contributed by atoms with Crippen molar-refractivity contribution in [3.8, 4) is 5.75 Å². The highest BCUT2D eigenvalue weighted by Gasteiger charge is 2.33. The van der Waals surface area contributed by atoms with Crippen LogP contribution in [-0.2, 0) is 9.53 Å². The molecule has 0 radical (unpaired) electrons. The molecule has 0 bridgehead atoms. The molecule has 0 aliphatic heterocycles. The minimum atomic E-state index is -0.0144. The van der Waals surface area contributed by atoms with Crippen molar-refractivity contribution >= 4 is 11.6 Å². The van der Waals surface area contributed by atoms with Crippen LogP contribution in [-0.4, -0.2) is 32.8 Å². The van der Waals surface area contributed by atoms with Gasteiger partial charge in [0.15, 0.2) is 0 Å². The molecule has 0 unspecified atom stereocenters. The van der Waals surface area contributed by atoms with Gasteiger partial charge in [0.2, 0.25) is 5.91 Å². The largest absolute Gasteiger partial charge is 0.491 e. The summed E-state index contributed by atoms with van der Waals surface area (Å²) >= 11 is 0. The molecule has 0 aromatic heterocycles. The second kappa shape index (κ2) is 9.04. The van der Waals surface area contributed by atoms with Crippen molar-refractivity contribution < 1.29 is 14.3 Å². The van der Waals surface area contributed by atoms with E-state index >= 15 is 0 Å². The van der Waals surface area contributed by atoms with Crippen LogP contribution < -0.4 is 15.8 Å². The number of carbonyl (C=O) groups is 1. The van der Waals surface area contributed by atoms with Crippen LogP contribution in [0.25, 0.3) is 0 Å². The fraction of sp³-hybridized carbons (Fsp3) is 0.632. The summed E-state index contributed by atoms with van der Waals surface area (Å²) in [5, 5.41) is 3.04. The molecule has 2 rings (SSSR count). The number of carbonyl (C=O) groups excluding carboxylic acids is 1. The highest BCUT2D eigenvalue weighted by Crippen LogP contribution is 2.38. The van der Waals surface area contributed by atoms with Crippen molar-refractivity contribution in [2.45, 2.75) is 45.4 Å². The molecule has 0 atom stereocenters.